The molecule has 2 fully saturated rings. The minimum absolute atomic E-state index is 0.281. The third-order valence-corrected chi connectivity index (χ3v) is 8.48. The third kappa shape index (κ3) is 5.21. The molecule has 1 saturated carbocycles. The van der Waals surface area contributed by atoms with Crippen LogP contribution in [0.15, 0.2) is 34.2 Å². The standard InChI is InChI=1S/C20H32N4O2S2/c1-3-22-19(24-12-13-27-20(16-24)10-5-4-6-11-20)23-15-17-8-7-9-18(14-17)28(25,26)21-2/h7-9,14,21H,3-6,10-13,15-16H2,1-2H3,(H,22,23). The van der Waals surface area contributed by atoms with Crippen LogP contribution in [0.25, 0.3) is 0 Å². The van der Waals surface area contributed by atoms with Gasteiger partial charge >= 0.3 is 0 Å². The van der Waals surface area contributed by atoms with Gasteiger partial charge in [0.15, 0.2) is 5.96 Å². The zero-order chi connectivity index (χ0) is 20.0. The van der Waals surface area contributed by atoms with Crippen molar-refractivity contribution in [2.24, 2.45) is 4.99 Å². The number of hydrogen-bond acceptors (Lipinski definition) is 4. The molecule has 1 aliphatic heterocycles. The minimum atomic E-state index is -3.44. The number of sulfonamides is 1. The van der Waals surface area contributed by atoms with E-state index in [1.807, 2.05) is 6.07 Å². The van der Waals surface area contributed by atoms with Gasteiger partial charge in [-0.2, -0.15) is 11.8 Å². The van der Waals surface area contributed by atoms with E-state index in [1.165, 1.54) is 39.2 Å². The lowest BCUT2D eigenvalue weighted by molar-refractivity contribution is 0.293. The number of guanidine groups is 1. The van der Waals surface area contributed by atoms with Crippen LogP contribution in [-0.4, -0.2) is 56.5 Å². The molecule has 156 valence electrons. The van der Waals surface area contributed by atoms with Crippen molar-refractivity contribution in [2.45, 2.75) is 55.2 Å². The molecular weight excluding hydrogens is 392 g/mol. The number of hydrogen-bond donors (Lipinski definition) is 2. The lowest BCUT2D eigenvalue weighted by atomic mass is 9.87. The van der Waals surface area contributed by atoms with Crippen LogP contribution >= 0.6 is 11.8 Å². The van der Waals surface area contributed by atoms with Crippen molar-refractivity contribution in [3.63, 3.8) is 0 Å². The molecule has 1 heterocycles. The van der Waals surface area contributed by atoms with E-state index in [9.17, 15) is 8.42 Å². The molecule has 0 amide bonds. The Balaban J connectivity index is 1.75. The first kappa shape index (κ1) is 21.5. The van der Waals surface area contributed by atoms with E-state index in [-0.39, 0.29) is 4.90 Å². The summed E-state index contributed by atoms with van der Waals surface area (Å²) in [6, 6.07) is 7.01. The average molecular weight is 425 g/mol. The quantitative estimate of drug-likeness (QED) is 0.562. The molecule has 0 aromatic heterocycles. The first-order valence-electron chi connectivity index (χ1n) is 10.2. The zero-order valence-electron chi connectivity index (χ0n) is 16.9. The molecule has 0 atom stereocenters. The summed E-state index contributed by atoms with van der Waals surface area (Å²) in [6.07, 6.45) is 6.64. The second-order valence-electron chi connectivity index (χ2n) is 7.54. The van der Waals surface area contributed by atoms with E-state index < -0.39 is 10.0 Å². The Morgan fingerprint density at radius 3 is 2.79 bits per heavy atom. The van der Waals surface area contributed by atoms with Gasteiger partial charge in [-0.25, -0.2) is 18.1 Å². The molecular formula is C20H32N4O2S2. The highest BCUT2D eigenvalue weighted by atomic mass is 32.2. The molecule has 3 rings (SSSR count). The van der Waals surface area contributed by atoms with Crippen LogP contribution in [0.1, 0.15) is 44.6 Å². The molecule has 8 heteroatoms. The van der Waals surface area contributed by atoms with Crippen LogP contribution in [0.5, 0.6) is 0 Å². The summed E-state index contributed by atoms with van der Waals surface area (Å²) in [7, 11) is -2.01. The molecule has 1 aromatic carbocycles. The molecule has 2 N–H and O–H groups in total. The number of nitrogens with zero attached hydrogens (tertiary/aromatic N) is 2. The Morgan fingerprint density at radius 1 is 1.29 bits per heavy atom. The van der Waals surface area contributed by atoms with Gasteiger partial charge in [-0.1, -0.05) is 31.4 Å². The van der Waals surface area contributed by atoms with Gasteiger partial charge < -0.3 is 10.2 Å². The summed E-state index contributed by atoms with van der Waals surface area (Å²) in [5, 5.41) is 3.44. The average Bonchev–Trinajstić information content (AvgIpc) is 2.72. The molecule has 0 bridgehead atoms. The summed E-state index contributed by atoms with van der Waals surface area (Å²) in [5.41, 5.74) is 0.894. The fraction of sp³-hybridized carbons (Fsp3) is 0.650. The van der Waals surface area contributed by atoms with E-state index in [0.717, 1.165) is 36.9 Å². The largest absolute Gasteiger partial charge is 0.357 e. The number of aliphatic imine (C=N–C) groups is 1. The highest BCUT2D eigenvalue weighted by molar-refractivity contribution is 8.00. The second-order valence-corrected chi connectivity index (χ2v) is 11.0. The van der Waals surface area contributed by atoms with Crippen molar-refractivity contribution >= 4 is 27.7 Å². The van der Waals surface area contributed by atoms with Gasteiger partial charge in [-0.05, 0) is 44.5 Å². The van der Waals surface area contributed by atoms with Gasteiger partial charge in [0.25, 0.3) is 0 Å². The maximum absolute atomic E-state index is 12.0. The van der Waals surface area contributed by atoms with Crippen molar-refractivity contribution in [1.29, 1.82) is 0 Å². The Hall–Kier alpha value is -1.25. The van der Waals surface area contributed by atoms with Gasteiger partial charge in [0.05, 0.1) is 11.4 Å². The summed E-state index contributed by atoms with van der Waals surface area (Å²) >= 11 is 2.15. The molecule has 1 aliphatic carbocycles. The third-order valence-electron chi connectivity index (χ3n) is 5.54. The van der Waals surface area contributed by atoms with Gasteiger partial charge in [0.2, 0.25) is 10.0 Å². The first-order valence-corrected chi connectivity index (χ1v) is 12.6. The number of rotatable bonds is 5. The highest BCUT2D eigenvalue weighted by Gasteiger charge is 2.38. The molecule has 6 nitrogen and oxygen atoms in total. The summed E-state index contributed by atoms with van der Waals surface area (Å²) in [5.74, 6) is 2.08. The highest BCUT2D eigenvalue weighted by Crippen LogP contribution is 2.42. The molecule has 0 radical (unpaired) electrons. The normalized spacial score (nSPS) is 20.4. The predicted molar refractivity (Wildman–Crippen MR) is 117 cm³/mol. The topological polar surface area (TPSA) is 73.8 Å². The molecule has 1 aromatic rings. The SMILES string of the molecule is CCNC(=NCc1cccc(S(=O)(=O)NC)c1)N1CCSC2(CCCCC2)C1. The molecule has 0 unspecified atom stereocenters. The van der Waals surface area contributed by atoms with E-state index in [0.29, 0.717) is 11.3 Å². The first-order chi connectivity index (χ1) is 13.5. The van der Waals surface area contributed by atoms with Gasteiger partial charge in [0.1, 0.15) is 0 Å². The fourth-order valence-electron chi connectivity index (χ4n) is 4.05. The van der Waals surface area contributed by atoms with Crippen molar-refractivity contribution in [3.05, 3.63) is 29.8 Å². The van der Waals surface area contributed by atoms with E-state index >= 15 is 0 Å². The second kappa shape index (κ2) is 9.50. The fourth-order valence-corrected chi connectivity index (χ4v) is 6.41. The van der Waals surface area contributed by atoms with Crippen molar-refractivity contribution in [1.82, 2.24) is 14.9 Å². The molecule has 2 aliphatic rings. The Labute approximate surface area is 173 Å². The van der Waals surface area contributed by atoms with Gasteiger partial charge in [0, 0.05) is 30.1 Å². The maximum Gasteiger partial charge on any atom is 0.240 e. The zero-order valence-corrected chi connectivity index (χ0v) is 18.5. The van der Waals surface area contributed by atoms with Gasteiger partial charge in [-0.3, -0.25) is 0 Å². The van der Waals surface area contributed by atoms with Crippen LogP contribution in [0, 0.1) is 0 Å². The van der Waals surface area contributed by atoms with Crippen LogP contribution in [-0.2, 0) is 16.6 Å². The van der Waals surface area contributed by atoms with Crippen LogP contribution in [0.3, 0.4) is 0 Å². The van der Waals surface area contributed by atoms with Crippen LogP contribution in [0.2, 0.25) is 0 Å². The van der Waals surface area contributed by atoms with Crippen molar-refractivity contribution in [2.75, 3.05) is 32.4 Å². The molecule has 28 heavy (non-hydrogen) atoms. The summed E-state index contributed by atoms with van der Waals surface area (Å²) < 4.78 is 26.8. The monoisotopic (exact) mass is 424 g/mol. The molecule has 1 saturated heterocycles. The lowest BCUT2D eigenvalue weighted by Gasteiger charge is -2.45. The maximum atomic E-state index is 12.0. The Bertz CT molecular complexity index is 784. The van der Waals surface area contributed by atoms with E-state index in [1.54, 1.807) is 18.2 Å². The lowest BCUT2D eigenvalue weighted by Crippen LogP contribution is -2.53. The number of thioether (sulfide) groups is 1. The Kier molecular flexibility index (Phi) is 7.28. The van der Waals surface area contributed by atoms with Gasteiger partial charge in [-0.15, -0.1) is 0 Å². The van der Waals surface area contributed by atoms with Crippen molar-refractivity contribution < 1.29 is 8.42 Å². The van der Waals surface area contributed by atoms with Crippen molar-refractivity contribution in [3.8, 4) is 0 Å². The van der Waals surface area contributed by atoms with Crippen LogP contribution in [0.4, 0.5) is 0 Å². The summed E-state index contributed by atoms with van der Waals surface area (Å²) in [6.45, 7) is 5.44. The minimum Gasteiger partial charge on any atom is -0.357 e. The van der Waals surface area contributed by atoms with E-state index in [4.69, 9.17) is 4.99 Å². The van der Waals surface area contributed by atoms with E-state index in [2.05, 4.69) is 33.6 Å². The van der Waals surface area contributed by atoms with Crippen LogP contribution < -0.4 is 10.0 Å². The smallest absolute Gasteiger partial charge is 0.240 e. The number of nitrogens with one attached hydrogen (secondary N) is 2. The summed E-state index contributed by atoms with van der Waals surface area (Å²) in [4.78, 5) is 7.52. The Morgan fingerprint density at radius 2 is 2.07 bits per heavy atom. The molecule has 1 spiro atoms. The number of benzene rings is 1. The predicted octanol–water partition coefficient (Wildman–Crippen LogP) is 2.81.